The molecule has 0 amide bonds. The van der Waals surface area contributed by atoms with Crippen molar-refractivity contribution in [1.29, 1.82) is 0 Å². The number of aryl methyl sites for hydroxylation is 1. The highest BCUT2D eigenvalue weighted by Crippen LogP contribution is 2.24. The third kappa shape index (κ3) is 25.5. The van der Waals surface area contributed by atoms with Crippen LogP contribution in [0.1, 0.15) is 156 Å². The van der Waals surface area contributed by atoms with Gasteiger partial charge in [0.15, 0.2) is 29.0 Å². The molecule has 0 spiro atoms. The predicted octanol–water partition coefficient (Wildman–Crippen LogP) is 16.6. The van der Waals surface area contributed by atoms with E-state index in [1.165, 1.54) is 82.6 Å². The SMILES string of the molecule is CCCCCCCCOc1cnc(-c2ccc(OC[C@H](F)CC)cc2)nc1.CCCCCCOc1cnc(-c2ccc(OC[C@H](F)CC)cc2)nc1.CCCCCCc1cnc(-c2ccc(OC[C@H](F)CC)cc2)nc1. The second-order valence-corrected chi connectivity index (χ2v) is 18.8. The van der Waals surface area contributed by atoms with Gasteiger partial charge in [-0.25, -0.2) is 43.1 Å². The molecule has 6 rings (SSSR count). The van der Waals surface area contributed by atoms with Crippen molar-refractivity contribution in [3.8, 4) is 62.9 Å². The summed E-state index contributed by atoms with van der Waals surface area (Å²) in [7, 11) is 0. The maximum atomic E-state index is 13.2. The zero-order chi connectivity index (χ0) is 54.4. The van der Waals surface area contributed by atoms with Gasteiger partial charge in [0.2, 0.25) is 0 Å². The van der Waals surface area contributed by atoms with Gasteiger partial charge in [-0.05, 0) is 123 Å². The molecule has 0 N–H and O–H groups in total. The molecule has 3 heterocycles. The molecule has 0 bridgehead atoms. The summed E-state index contributed by atoms with van der Waals surface area (Å²) >= 11 is 0. The molecule has 0 aliphatic rings. The van der Waals surface area contributed by atoms with Crippen LogP contribution in [0.5, 0.6) is 28.7 Å². The van der Waals surface area contributed by atoms with E-state index in [9.17, 15) is 13.2 Å². The van der Waals surface area contributed by atoms with Crippen molar-refractivity contribution < 1.29 is 36.9 Å². The number of nitrogens with zero attached hydrogens (tertiary/aromatic N) is 6. The van der Waals surface area contributed by atoms with Crippen molar-refractivity contribution in [2.45, 2.75) is 176 Å². The molecule has 14 heteroatoms. The first-order valence-corrected chi connectivity index (χ1v) is 28.0. The van der Waals surface area contributed by atoms with Crippen LogP contribution in [0.4, 0.5) is 13.2 Å². The fraction of sp³-hybridized carbons (Fsp3) is 0.516. The maximum absolute atomic E-state index is 13.2. The van der Waals surface area contributed by atoms with Crippen molar-refractivity contribution in [2.75, 3.05) is 33.0 Å². The van der Waals surface area contributed by atoms with E-state index in [-0.39, 0.29) is 19.8 Å². The minimum atomic E-state index is -0.933. The topological polar surface area (TPSA) is 123 Å². The van der Waals surface area contributed by atoms with Crippen LogP contribution in [0.2, 0.25) is 0 Å². The third-order valence-electron chi connectivity index (χ3n) is 12.3. The number of aromatic nitrogens is 6. The zero-order valence-corrected chi connectivity index (χ0v) is 46.2. The molecule has 3 atom stereocenters. The lowest BCUT2D eigenvalue weighted by Gasteiger charge is -2.09. The number of hydrogen-bond acceptors (Lipinski definition) is 11. The maximum Gasteiger partial charge on any atom is 0.159 e. The molecule has 76 heavy (non-hydrogen) atoms. The Hall–Kier alpha value is -6.31. The van der Waals surface area contributed by atoms with E-state index < -0.39 is 18.5 Å². The summed E-state index contributed by atoms with van der Waals surface area (Å²) in [5.41, 5.74) is 3.89. The third-order valence-corrected chi connectivity index (χ3v) is 12.3. The Morgan fingerprint density at radius 1 is 0.329 bits per heavy atom. The van der Waals surface area contributed by atoms with Crippen LogP contribution >= 0.6 is 0 Å². The molecule has 414 valence electrons. The van der Waals surface area contributed by atoms with Gasteiger partial charge in [0.05, 0.1) is 38.0 Å². The second kappa shape index (κ2) is 38.3. The number of alkyl halides is 3. The van der Waals surface area contributed by atoms with E-state index >= 15 is 0 Å². The van der Waals surface area contributed by atoms with Gasteiger partial charge in [-0.3, -0.25) is 0 Å². The molecule has 0 unspecified atom stereocenters. The summed E-state index contributed by atoms with van der Waals surface area (Å²) in [6.45, 7) is 13.7. The zero-order valence-electron chi connectivity index (χ0n) is 46.2. The van der Waals surface area contributed by atoms with Gasteiger partial charge in [-0.15, -0.1) is 0 Å². The van der Waals surface area contributed by atoms with Crippen molar-refractivity contribution in [3.63, 3.8) is 0 Å². The highest BCUT2D eigenvalue weighted by Gasteiger charge is 2.10. The van der Waals surface area contributed by atoms with Crippen LogP contribution in [-0.2, 0) is 6.42 Å². The van der Waals surface area contributed by atoms with Gasteiger partial charge in [0.25, 0.3) is 0 Å². The Labute approximate surface area is 452 Å². The first-order chi connectivity index (χ1) is 37.2. The summed E-state index contributed by atoms with van der Waals surface area (Å²) in [4.78, 5) is 26.3. The smallest absolute Gasteiger partial charge is 0.159 e. The molecule has 3 aromatic carbocycles. The lowest BCUT2D eigenvalue weighted by molar-refractivity contribution is 0.192. The van der Waals surface area contributed by atoms with Crippen molar-refractivity contribution in [3.05, 3.63) is 116 Å². The molecule has 6 aromatic rings. The van der Waals surface area contributed by atoms with E-state index in [0.29, 0.717) is 78.7 Å². The monoisotopic (exact) mass is 1050 g/mol. The summed E-state index contributed by atoms with van der Waals surface area (Å²) in [6, 6.07) is 22.2. The van der Waals surface area contributed by atoms with Crippen LogP contribution in [-0.4, -0.2) is 81.5 Å². The van der Waals surface area contributed by atoms with Gasteiger partial charge in [0, 0.05) is 29.1 Å². The molecule has 0 fully saturated rings. The quantitative estimate of drug-likeness (QED) is 0.0359. The summed E-state index contributed by atoms with van der Waals surface area (Å²) in [5.74, 6) is 5.31. The number of benzene rings is 3. The minimum Gasteiger partial charge on any atom is -0.491 e. The Kier molecular flexibility index (Phi) is 31.3. The lowest BCUT2D eigenvalue weighted by Crippen LogP contribution is -2.11. The fourth-order valence-electron chi connectivity index (χ4n) is 7.27. The first-order valence-electron chi connectivity index (χ1n) is 28.0. The number of unbranched alkanes of at least 4 members (excludes halogenated alkanes) is 11. The van der Waals surface area contributed by atoms with E-state index in [1.54, 1.807) is 50.8 Å². The van der Waals surface area contributed by atoms with Gasteiger partial charge >= 0.3 is 0 Å². The molecule has 0 saturated carbocycles. The van der Waals surface area contributed by atoms with Gasteiger partial charge < -0.3 is 23.7 Å². The van der Waals surface area contributed by atoms with Crippen LogP contribution in [0.25, 0.3) is 34.2 Å². The van der Waals surface area contributed by atoms with Gasteiger partial charge in [-0.1, -0.05) is 112 Å². The molecule has 0 saturated heterocycles. The Morgan fingerprint density at radius 2 is 0.618 bits per heavy atom. The Morgan fingerprint density at radius 3 is 0.947 bits per heavy atom. The largest absolute Gasteiger partial charge is 0.491 e. The summed E-state index contributed by atoms with van der Waals surface area (Å²) in [6.07, 6.45) is 27.4. The van der Waals surface area contributed by atoms with Crippen molar-refractivity contribution >= 4 is 0 Å². The lowest BCUT2D eigenvalue weighted by atomic mass is 10.1. The van der Waals surface area contributed by atoms with Gasteiger partial charge in [-0.2, -0.15) is 0 Å². The average molecular weight is 1050 g/mol. The van der Waals surface area contributed by atoms with E-state index in [2.05, 4.69) is 50.7 Å². The van der Waals surface area contributed by atoms with Crippen LogP contribution in [0, 0.1) is 0 Å². The van der Waals surface area contributed by atoms with Crippen LogP contribution in [0.3, 0.4) is 0 Å². The van der Waals surface area contributed by atoms with E-state index in [4.69, 9.17) is 23.7 Å². The van der Waals surface area contributed by atoms with Crippen molar-refractivity contribution in [2.24, 2.45) is 0 Å². The number of ether oxygens (including phenoxy) is 5. The Bertz CT molecular complexity index is 2350. The highest BCUT2D eigenvalue weighted by atomic mass is 19.1. The van der Waals surface area contributed by atoms with E-state index in [1.807, 2.05) is 80.0 Å². The molecule has 0 radical (unpaired) electrons. The standard InChI is InChI=1S/C22H31FN2O2.C20H27FN2O2.C20H27FN2O/c1-3-5-6-7-8-9-14-26-21-15-24-22(25-16-21)18-10-12-20(13-11-18)27-17-19(23)4-2;1-3-5-6-7-12-24-19-13-22-20(23-14-19)16-8-10-18(11-9-16)25-15-17(21)4-2;1-3-5-6-7-8-16-13-22-20(23-14-16)17-9-11-19(12-10-17)24-15-18(21)4-2/h10-13,15-16,19H,3-9,14,17H2,1-2H3;8-11,13-14,17H,3-7,12,15H2,1-2H3;9-14,18H,3-8,15H2,1-2H3/t19-;17-;18-/m111/s1. The molecule has 11 nitrogen and oxygen atoms in total. The number of rotatable bonds is 34. The molecule has 0 aliphatic heterocycles. The fourth-order valence-corrected chi connectivity index (χ4v) is 7.27. The second-order valence-electron chi connectivity index (χ2n) is 18.8. The van der Waals surface area contributed by atoms with Gasteiger partial charge in [0.1, 0.15) is 55.6 Å². The molecular formula is C62H85F3N6O5. The Balaban J connectivity index is 0.000000247. The summed E-state index contributed by atoms with van der Waals surface area (Å²) < 4.78 is 67.2. The molecule has 3 aromatic heterocycles. The highest BCUT2D eigenvalue weighted by molar-refractivity contribution is 5.58. The van der Waals surface area contributed by atoms with Crippen molar-refractivity contribution in [1.82, 2.24) is 29.9 Å². The van der Waals surface area contributed by atoms with Crippen LogP contribution < -0.4 is 23.7 Å². The normalized spacial score (nSPS) is 12.0. The minimum absolute atomic E-state index is 0.0800. The average Bonchev–Trinajstić information content (AvgIpc) is 3.47. The predicted molar refractivity (Wildman–Crippen MR) is 301 cm³/mol. The first kappa shape index (κ1) is 62.2. The van der Waals surface area contributed by atoms with E-state index in [0.717, 1.165) is 36.0 Å². The number of halogens is 3. The number of hydrogen-bond donors (Lipinski definition) is 0. The molecule has 0 aliphatic carbocycles. The van der Waals surface area contributed by atoms with Crippen LogP contribution in [0.15, 0.2) is 110 Å². The summed E-state index contributed by atoms with van der Waals surface area (Å²) in [5, 5.41) is 0. The molecular weight excluding hydrogens is 966 g/mol.